The van der Waals surface area contributed by atoms with Crippen LogP contribution < -0.4 is 0 Å². The minimum absolute atomic E-state index is 0.529. The molecular formula is C7H14N2S. The quantitative estimate of drug-likeness (QED) is 0.337. The van der Waals surface area contributed by atoms with Crippen LogP contribution in [0.15, 0.2) is 0 Å². The van der Waals surface area contributed by atoms with E-state index >= 15 is 0 Å². The van der Waals surface area contributed by atoms with E-state index in [1.165, 1.54) is 12.8 Å². The monoisotopic (exact) mass is 158 g/mol. The number of hydrogen-bond acceptors (Lipinski definition) is 2. The van der Waals surface area contributed by atoms with Crippen LogP contribution in [0.5, 0.6) is 0 Å². The van der Waals surface area contributed by atoms with Crippen LogP contribution in [0, 0.1) is 5.41 Å². The van der Waals surface area contributed by atoms with Crippen molar-refractivity contribution >= 4 is 18.5 Å². The molecule has 0 aromatic carbocycles. The van der Waals surface area contributed by atoms with Crippen LogP contribution in [0.3, 0.4) is 0 Å². The lowest BCUT2D eigenvalue weighted by Gasteiger charge is -2.23. The maximum Gasteiger partial charge on any atom is 0.0928 e. The molecule has 1 saturated heterocycles. The van der Waals surface area contributed by atoms with E-state index in [9.17, 15) is 0 Å². The molecule has 0 aromatic heterocycles. The maximum atomic E-state index is 7.42. The van der Waals surface area contributed by atoms with Gasteiger partial charge in [0.05, 0.1) is 5.84 Å². The van der Waals surface area contributed by atoms with Gasteiger partial charge in [-0.1, -0.05) is 0 Å². The molecule has 1 aliphatic rings. The van der Waals surface area contributed by atoms with Crippen molar-refractivity contribution in [2.45, 2.75) is 25.8 Å². The molecule has 0 radical (unpaired) electrons. The number of hydrogen-bond donors (Lipinski definition) is 2. The second-order valence-electron chi connectivity index (χ2n) is 2.76. The fourth-order valence-electron chi connectivity index (χ4n) is 1.47. The van der Waals surface area contributed by atoms with E-state index in [0.717, 1.165) is 12.3 Å². The number of rotatable bonds is 1. The second kappa shape index (κ2) is 3.28. The van der Waals surface area contributed by atoms with Gasteiger partial charge in [0, 0.05) is 18.3 Å². The lowest BCUT2D eigenvalue weighted by atomic mass is 10.2. The van der Waals surface area contributed by atoms with Gasteiger partial charge in [-0.15, -0.1) is 0 Å². The summed E-state index contributed by atoms with van der Waals surface area (Å²) in [4.78, 5) is 2.13. The van der Waals surface area contributed by atoms with Gasteiger partial charge in [0.2, 0.25) is 0 Å². The van der Waals surface area contributed by atoms with Crippen molar-refractivity contribution in [1.29, 1.82) is 5.41 Å². The van der Waals surface area contributed by atoms with Crippen molar-refractivity contribution < 1.29 is 0 Å². The van der Waals surface area contributed by atoms with Crippen molar-refractivity contribution in [3.63, 3.8) is 0 Å². The van der Waals surface area contributed by atoms with E-state index in [1.54, 1.807) is 0 Å². The molecule has 0 bridgehead atoms. The van der Waals surface area contributed by atoms with Gasteiger partial charge in [-0.25, -0.2) is 0 Å². The molecule has 1 heterocycles. The summed E-state index contributed by atoms with van der Waals surface area (Å²) >= 11 is 4.23. The Morgan fingerprint density at radius 2 is 2.50 bits per heavy atom. The summed E-state index contributed by atoms with van der Waals surface area (Å²) in [5, 5.41) is 7.42. The fourth-order valence-corrected chi connectivity index (χ4v) is 1.85. The van der Waals surface area contributed by atoms with E-state index in [1.807, 2.05) is 6.92 Å². The summed E-state index contributed by atoms with van der Waals surface area (Å²) in [5.74, 6) is 1.58. The minimum Gasteiger partial charge on any atom is -0.357 e. The molecule has 58 valence electrons. The zero-order valence-electron chi connectivity index (χ0n) is 6.30. The van der Waals surface area contributed by atoms with Crippen LogP contribution >= 0.6 is 12.6 Å². The smallest absolute Gasteiger partial charge is 0.0928 e. The van der Waals surface area contributed by atoms with E-state index in [2.05, 4.69) is 17.5 Å². The number of amidine groups is 1. The van der Waals surface area contributed by atoms with E-state index in [4.69, 9.17) is 5.41 Å². The number of nitrogens with one attached hydrogen (secondary N) is 1. The first-order chi connectivity index (χ1) is 4.75. The van der Waals surface area contributed by atoms with Crippen molar-refractivity contribution in [2.75, 3.05) is 12.3 Å². The first kappa shape index (κ1) is 7.92. The predicted octanol–water partition coefficient (Wildman–Crippen LogP) is 1.38. The van der Waals surface area contributed by atoms with Gasteiger partial charge in [0.15, 0.2) is 0 Å². The lowest BCUT2D eigenvalue weighted by molar-refractivity contribution is 0.416. The van der Waals surface area contributed by atoms with Crippen LogP contribution in [0.1, 0.15) is 19.8 Å². The van der Waals surface area contributed by atoms with E-state index < -0.39 is 0 Å². The Kier molecular flexibility index (Phi) is 2.60. The molecule has 1 rings (SSSR count). The summed E-state index contributed by atoms with van der Waals surface area (Å²) in [5.41, 5.74) is 0. The van der Waals surface area contributed by atoms with E-state index in [0.29, 0.717) is 11.9 Å². The Labute approximate surface area is 67.5 Å². The standard InChI is InChI=1S/C7H14N2S/c1-6(8)9-4-2-3-7(9)5-10/h7-8,10H,2-5H2,1H3. The average Bonchev–Trinajstić information content (AvgIpc) is 2.33. The number of nitrogens with zero attached hydrogens (tertiary/aromatic N) is 1. The van der Waals surface area contributed by atoms with Crippen molar-refractivity contribution in [3.8, 4) is 0 Å². The van der Waals surface area contributed by atoms with Crippen molar-refractivity contribution in [1.82, 2.24) is 4.90 Å². The Balaban J connectivity index is 2.50. The van der Waals surface area contributed by atoms with Crippen molar-refractivity contribution in [3.05, 3.63) is 0 Å². The molecule has 0 saturated carbocycles. The molecule has 0 amide bonds. The maximum absolute atomic E-state index is 7.42. The third-order valence-electron chi connectivity index (χ3n) is 2.02. The minimum atomic E-state index is 0.529. The highest BCUT2D eigenvalue weighted by Crippen LogP contribution is 2.17. The molecular weight excluding hydrogens is 144 g/mol. The van der Waals surface area contributed by atoms with Gasteiger partial charge in [-0.2, -0.15) is 12.6 Å². The highest BCUT2D eigenvalue weighted by atomic mass is 32.1. The van der Waals surface area contributed by atoms with Crippen LogP contribution in [0.4, 0.5) is 0 Å². The zero-order chi connectivity index (χ0) is 7.56. The molecule has 2 nitrogen and oxygen atoms in total. The van der Waals surface area contributed by atoms with Gasteiger partial charge < -0.3 is 4.90 Å². The molecule has 1 unspecified atom stereocenters. The Hall–Kier alpha value is -0.180. The summed E-state index contributed by atoms with van der Waals surface area (Å²) in [6.07, 6.45) is 2.43. The van der Waals surface area contributed by atoms with Crippen molar-refractivity contribution in [2.24, 2.45) is 0 Å². The molecule has 1 N–H and O–H groups in total. The molecule has 1 atom stereocenters. The zero-order valence-corrected chi connectivity index (χ0v) is 7.19. The fraction of sp³-hybridized carbons (Fsp3) is 0.857. The predicted molar refractivity (Wildman–Crippen MR) is 47.0 cm³/mol. The van der Waals surface area contributed by atoms with Gasteiger partial charge in [0.1, 0.15) is 0 Å². The Morgan fingerprint density at radius 1 is 1.80 bits per heavy atom. The van der Waals surface area contributed by atoms with Crippen LogP contribution in [-0.4, -0.2) is 29.1 Å². The Morgan fingerprint density at radius 3 is 2.90 bits per heavy atom. The largest absolute Gasteiger partial charge is 0.357 e. The van der Waals surface area contributed by atoms with Crippen LogP contribution in [-0.2, 0) is 0 Å². The summed E-state index contributed by atoms with van der Waals surface area (Å²) in [6, 6.07) is 0.529. The average molecular weight is 158 g/mol. The molecule has 10 heavy (non-hydrogen) atoms. The molecule has 0 spiro atoms. The number of thiol groups is 1. The summed E-state index contributed by atoms with van der Waals surface area (Å²) in [6.45, 7) is 2.91. The first-order valence-electron chi connectivity index (χ1n) is 3.68. The molecule has 0 aliphatic carbocycles. The van der Waals surface area contributed by atoms with Gasteiger partial charge in [0.25, 0.3) is 0 Å². The first-order valence-corrected chi connectivity index (χ1v) is 4.31. The third-order valence-corrected chi connectivity index (χ3v) is 2.44. The summed E-state index contributed by atoms with van der Waals surface area (Å²) in [7, 11) is 0. The normalized spacial score (nSPS) is 25.4. The SMILES string of the molecule is CC(=N)N1CCCC1CS. The number of likely N-dealkylation sites (tertiary alicyclic amines) is 1. The Bertz CT molecular complexity index is 136. The molecule has 1 fully saturated rings. The topological polar surface area (TPSA) is 27.1 Å². The van der Waals surface area contributed by atoms with Crippen LogP contribution in [0.2, 0.25) is 0 Å². The second-order valence-corrected chi connectivity index (χ2v) is 3.12. The molecule has 0 aromatic rings. The lowest BCUT2D eigenvalue weighted by Crippen LogP contribution is -2.34. The molecule has 1 aliphatic heterocycles. The third kappa shape index (κ3) is 1.45. The molecule has 3 heteroatoms. The van der Waals surface area contributed by atoms with Gasteiger partial charge >= 0.3 is 0 Å². The van der Waals surface area contributed by atoms with E-state index in [-0.39, 0.29) is 0 Å². The highest BCUT2D eigenvalue weighted by Gasteiger charge is 2.22. The van der Waals surface area contributed by atoms with Crippen LogP contribution in [0.25, 0.3) is 0 Å². The van der Waals surface area contributed by atoms with Gasteiger partial charge in [-0.05, 0) is 19.8 Å². The highest BCUT2D eigenvalue weighted by molar-refractivity contribution is 7.80. The van der Waals surface area contributed by atoms with Gasteiger partial charge in [-0.3, -0.25) is 5.41 Å². The summed E-state index contributed by atoms with van der Waals surface area (Å²) < 4.78 is 0.